The average Bonchev–Trinajstić information content (AvgIpc) is 3.22. The first kappa shape index (κ1) is 16.8. The van der Waals surface area contributed by atoms with Crippen molar-refractivity contribution in [3.63, 3.8) is 0 Å². The Hall–Kier alpha value is -2.09. The number of halogens is 5. The first-order valence-corrected chi connectivity index (χ1v) is 7.51. The molecule has 0 unspecified atom stereocenters. The summed E-state index contributed by atoms with van der Waals surface area (Å²) in [6.45, 7) is -0.427. The summed E-state index contributed by atoms with van der Waals surface area (Å²) < 4.78 is 53.1. The van der Waals surface area contributed by atoms with E-state index in [1.807, 2.05) is 0 Å². The van der Waals surface area contributed by atoms with Crippen LogP contribution in [0, 0.1) is 5.82 Å². The molecule has 128 valence electrons. The molecular formula is C15H12ClF4N3O. The number of hydrogen-bond acceptors (Lipinski definition) is 2. The van der Waals surface area contributed by atoms with Gasteiger partial charge in [-0.15, -0.1) is 0 Å². The summed E-state index contributed by atoms with van der Waals surface area (Å²) >= 11 is 5.62. The Morgan fingerprint density at radius 2 is 2.04 bits per heavy atom. The zero-order chi connectivity index (χ0) is 17.5. The lowest BCUT2D eigenvalue weighted by Crippen LogP contribution is -2.21. The van der Waals surface area contributed by atoms with E-state index >= 15 is 0 Å². The minimum atomic E-state index is -4.58. The second kappa shape index (κ2) is 6.08. The topological polar surface area (TPSA) is 46.9 Å². The van der Waals surface area contributed by atoms with E-state index in [1.54, 1.807) is 0 Å². The molecule has 0 saturated heterocycles. The highest BCUT2D eigenvalue weighted by Gasteiger charge is 2.38. The Balaban J connectivity index is 1.77. The number of benzene rings is 1. The highest BCUT2D eigenvalue weighted by Crippen LogP contribution is 2.42. The number of aromatic nitrogens is 2. The van der Waals surface area contributed by atoms with Crippen molar-refractivity contribution in [2.75, 3.05) is 5.32 Å². The fourth-order valence-corrected chi connectivity index (χ4v) is 2.48. The molecule has 3 rings (SSSR count). The molecule has 1 aliphatic rings. The quantitative estimate of drug-likeness (QED) is 0.829. The van der Waals surface area contributed by atoms with Gasteiger partial charge in [-0.25, -0.2) is 4.39 Å². The van der Waals surface area contributed by atoms with Gasteiger partial charge in [-0.05, 0) is 37.1 Å². The molecule has 1 N–H and O–H groups in total. The summed E-state index contributed by atoms with van der Waals surface area (Å²) in [6, 6.07) is 4.67. The van der Waals surface area contributed by atoms with Crippen molar-refractivity contribution in [1.29, 1.82) is 0 Å². The Kier molecular flexibility index (Phi) is 4.25. The SMILES string of the molecule is O=C(Cn1nc(C(F)(F)F)cc1C1CC1)Nc1ccc(Cl)cc1F. The molecule has 0 spiro atoms. The Morgan fingerprint density at radius 3 is 2.62 bits per heavy atom. The van der Waals surface area contributed by atoms with Crippen molar-refractivity contribution in [2.24, 2.45) is 0 Å². The third kappa shape index (κ3) is 3.69. The maximum absolute atomic E-state index is 13.7. The predicted molar refractivity (Wildman–Crippen MR) is 79.2 cm³/mol. The molecule has 0 radical (unpaired) electrons. The first-order valence-electron chi connectivity index (χ1n) is 7.14. The second-order valence-electron chi connectivity index (χ2n) is 5.56. The van der Waals surface area contributed by atoms with Gasteiger partial charge in [0.1, 0.15) is 12.4 Å². The summed E-state index contributed by atoms with van der Waals surface area (Å²) in [5.41, 5.74) is -0.760. The van der Waals surface area contributed by atoms with E-state index in [-0.39, 0.29) is 16.6 Å². The molecular weight excluding hydrogens is 350 g/mol. The number of nitrogens with one attached hydrogen (secondary N) is 1. The van der Waals surface area contributed by atoms with E-state index in [9.17, 15) is 22.4 Å². The average molecular weight is 362 g/mol. The molecule has 1 saturated carbocycles. The highest BCUT2D eigenvalue weighted by molar-refractivity contribution is 6.30. The summed E-state index contributed by atoms with van der Waals surface area (Å²) in [5, 5.41) is 5.95. The third-order valence-electron chi connectivity index (χ3n) is 3.60. The number of rotatable bonds is 4. The van der Waals surface area contributed by atoms with Crippen molar-refractivity contribution in [1.82, 2.24) is 9.78 Å². The normalized spacial score (nSPS) is 14.7. The second-order valence-corrected chi connectivity index (χ2v) is 5.99. The molecule has 1 heterocycles. The molecule has 1 aliphatic carbocycles. The molecule has 2 aromatic rings. The summed E-state index contributed by atoms with van der Waals surface area (Å²) in [7, 11) is 0. The molecule has 0 aliphatic heterocycles. The standard InChI is InChI=1S/C15H12ClF4N3O/c16-9-3-4-11(10(17)5-9)21-14(24)7-23-12(8-1-2-8)6-13(22-23)15(18,19)20/h3-6,8H,1-2,7H2,(H,21,24). The van der Waals surface area contributed by atoms with Crippen molar-refractivity contribution in [3.05, 3.63) is 46.5 Å². The number of carbonyl (C=O) groups excluding carboxylic acids is 1. The van der Waals surface area contributed by atoms with Crippen molar-refractivity contribution in [2.45, 2.75) is 31.5 Å². The van der Waals surface area contributed by atoms with Crippen LogP contribution in [-0.2, 0) is 17.5 Å². The van der Waals surface area contributed by atoms with E-state index < -0.39 is 30.1 Å². The number of carbonyl (C=O) groups is 1. The molecule has 1 aromatic heterocycles. The lowest BCUT2D eigenvalue weighted by molar-refractivity contribution is -0.141. The van der Waals surface area contributed by atoms with E-state index in [0.29, 0.717) is 5.69 Å². The third-order valence-corrected chi connectivity index (χ3v) is 3.83. The molecule has 1 fully saturated rings. The van der Waals surface area contributed by atoms with Crippen molar-refractivity contribution in [3.8, 4) is 0 Å². The van der Waals surface area contributed by atoms with Gasteiger partial charge in [-0.1, -0.05) is 11.6 Å². The maximum Gasteiger partial charge on any atom is 0.435 e. The van der Waals surface area contributed by atoms with Gasteiger partial charge in [-0.3, -0.25) is 9.48 Å². The number of alkyl halides is 3. The van der Waals surface area contributed by atoms with Crippen LogP contribution in [0.3, 0.4) is 0 Å². The minimum absolute atomic E-state index is 0.0198. The van der Waals surface area contributed by atoms with Crippen LogP contribution >= 0.6 is 11.6 Å². The molecule has 24 heavy (non-hydrogen) atoms. The number of anilines is 1. The van der Waals surface area contributed by atoms with Gasteiger partial charge in [0, 0.05) is 16.6 Å². The Labute approximate surface area is 139 Å². The van der Waals surface area contributed by atoms with E-state index in [4.69, 9.17) is 11.6 Å². The molecule has 4 nitrogen and oxygen atoms in total. The molecule has 9 heteroatoms. The van der Waals surface area contributed by atoms with Gasteiger partial charge in [0.25, 0.3) is 0 Å². The van der Waals surface area contributed by atoms with Crippen LogP contribution in [0.4, 0.5) is 23.2 Å². The molecule has 0 atom stereocenters. The van der Waals surface area contributed by atoms with Gasteiger partial charge in [0.2, 0.25) is 5.91 Å². The summed E-state index contributed by atoms with van der Waals surface area (Å²) in [5.74, 6) is -1.42. The van der Waals surface area contributed by atoms with Gasteiger partial charge in [0.05, 0.1) is 5.69 Å². The predicted octanol–water partition coefficient (Wildman–Crippen LogP) is 4.21. The number of hydrogen-bond donors (Lipinski definition) is 1. The van der Waals surface area contributed by atoms with E-state index in [0.717, 1.165) is 29.7 Å². The van der Waals surface area contributed by atoms with E-state index in [1.165, 1.54) is 12.1 Å². The lowest BCUT2D eigenvalue weighted by atomic mass is 10.2. The van der Waals surface area contributed by atoms with Gasteiger partial charge in [-0.2, -0.15) is 18.3 Å². The number of nitrogens with zero attached hydrogens (tertiary/aromatic N) is 2. The first-order chi connectivity index (χ1) is 11.2. The van der Waals surface area contributed by atoms with Gasteiger partial charge in [0.15, 0.2) is 5.69 Å². The molecule has 1 amide bonds. The zero-order valence-corrected chi connectivity index (χ0v) is 13.0. The maximum atomic E-state index is 13.7. The van der Waals surface area contributed by atoms with Crippen LogP contribution in [0.2, 0.25) is 5.02 Å². The van der Waals surface area contributed by atoms with Crippen LogP contribution in [-0.4, -0.2) is 15.7 Å². The smallest absolute Gasteiger partial charge is 0.322 e. The van der Waals surface area contributed by atoms with Crippen LogP contribution in [0.5, 0.6) is 0 Å². The largest absolute Gasteiger partial charge is 0.435 e. The van der Waals surface area contributed by atoms with E-state index in [2.05, 4.69) is 10.4 Å². The zero-order valence-electron chi connectivity index (χ0n) is 12.2. The fraction of sp³-hybridized carbons (Fsp3) is 0.333. The molecule has 0 bridgehead atoms. The van der Waals surface area contributed by atoms with Crippen LogP contribution in [0.25, 0.3) is 0 Å². The Morgan fingerprint density at radius 1 is 1.33 bits per heavy atom. The van der Waals surface area contributed by atoms with Crippen molar-refractivity contribution >= 4 is 23.2 Å². The van der Waals surface area contributed by atoms with Gasteiger partial charge >= 0.3 is 6.18 Å². The van der Waals surface area contributed by atoms with Crippen LogP contribution in [0.1, 0.15) is 30.1 Å². The lowest BCUT2D eigenvalue weighted by Gasteiger charge is -2.09. The monoisotopic (exact) mass is 361 g/mol. The number of amides is 1. The summed E-state index contributed by atoms with van der Waals surface area (Å²) in [6.07, 6.45) is -3.06. The Bertz CT molecular complexity index is 784. The minimum Gasteiger partial charge on any atom is -0.322 e. The van der Waals surface area contributed by atoms with Gasteiger partial charge < -0.3 is 5.32 Å². The fourth-order valence-electron chi connectivity index (χ4n) is 2.32. The van der Waals surface area contributed by atoms with Crippen molar-refractivity contribution < 1.29 is 22.4 Å². The van der Waals surface area contributed by atoms with Crippen LogP contribution < -0.4 is 5.32 Å². The molecule has 1 aromatic carbocycles. The van der Waals surface area contributed by atoms with Crippen LogP contribution in [0.15, 0.2) is 24.3 Å². The highest BCUT2D eigenvalue weighted by atomic mass is 35.5. The summed E-state index contributed by atoms with van der Waals surface area (Å²) in [4.78, 5) is 12.0.